The van der Waals surface area contributed by atoms with Crippen molar-refractivity contribution in [2.24, 2.45) is 50.2 Å². The predicted molar refractivity (Wildman–Crippen MR) is 380 cm³/mol. The number of aliphatic carboxylic acids is 1. The van der Waals surface area contributed by atoms with E-state index in [1.807, 2.05) is 13.8 Å². The molecule has 0 unspecified atom stereocenters. The lowest BCUT2D eigenvalue weighted by Crippen LogP contribution is -2.70. The summed E-state index contributed by atoms with van der Waals surface area (Å²) in [6.45, 7) is 14.7. The highest BCUT2D eigenvalue weighted by Crippen LogP contribution is 2.76. The molecule has 0 spiro atoms. The molecular weight excluding hydrogens is 1580 g/mol. The molecular formula is C77H119O41-. The highest BCUT2D eigenvalue weighted by Gasteiger charge is 2.73. The van der Waals surface area contributed by atoms with E-state index >= 15 is 4.79 Å². The molecule has 41 heteroatoms. The predicted octanol–water partition coefficient (Wildman–Crippen LogP) is -8.26. The summed E-state index contributed by atoms with van der Waals surface area (Å²) in [6.07, 6.45) is -65.2. The van der Waals surface area contributed by atoms with Gasteiger partial charge in [-0.1, -0.05) is 53.2 Å². The zero-order chi connectivity index (χ0) is 86.2. The summed E-state index contributed by atoms with van der Waals surface area (Å²) >= 11 is 0. The fraction of sp³-hybridized carbons (Fsp3) is 0.922. The van der Waals surface area contributed by atoms with E-state index in [2.05, 4.69) is 26.8 Å². The molecule has 8 aliphatic heterocycles. The van der Waals surface area contributed by atoms with Crippen molar-refractivity contribution in [2.75, 3.05) is 26.4 Å². The number of aliphatic hydroxyl groups excluding tert-OH is 19. The molecule has 13 rings (SSSR count). The number of ether oxygens (including phenoxy) is 17. The number of carbonyl (C=O) groups is 4. The van der Waals surface area contributed by atoms with Crippen LogP contribution in [0.5, 0.6) is 0 Å². The third kappa shape index (κ3) is 16.2. The Hall–Kier alpha value is -3.54. The maximum absolute atomic E-state index is 16.2. The number of fused-ring (bicyclic) bond motifs is 7. The molecule has 674 valence electrons. The van der Waals surface area contributed by atoms with Gasteiger partial charge in [0.15, 0.2) is 56.2 Å². The summed E-state index contributed by atoms with van der Waals surface area (Å²) in [5.74, 6) is -5.39. The number of aliphatic hydroxyl groups is 19. The average Bonchev–Trinajstić information content (AvgIpc) is 0.668. The number of carboxylic acids is 1. The molecule has 0 amide bonds. The Morgan fingerprint density at radius 1 is 0.466 bits per heavy atom. The van der Waals surface area contributed by atoms with Crippen molar-refractivity contribution >= 4 is 24.2 Å². The van der Waals surface area contributed by atoms with E-state index in [9.17, 15) is 117 Å². The SMILES string of the molecule is CC(=O)O[C@H]1[C@H](O)[C@@H](O)[C@H](O[C@@H]2[C@H](O)[C@@H](O[C@@H]3O[C@@H](C)[C@H](O[C@@H]4OC[C@@H](O)[C@H](O[C@@H]5OC[C@@H](O)[C@H](O)[C@H]5O)[C@H]4O)[C@@H](O)[C@H]3O)[C@H](OC(=O)[C@]34CCC(C)(C)C[C@H]3C3=CC[C@@H]5[C@@]6(C)CC[C@H](O[C@@H]7O[C@H](C(=O)[O-])[C@@H](O)[C@H](O[C@@H]8OC[C@@H](O)[C@H](O)[C@H]8O)[C@H]7O[C@@H]7O[C@H](CO)[C@H](O)[C@H](O)[C@H]7O)[C@@](C)(C=O)[C@@H]6CC[C@@]5(C)[C@]3(C)C[C@H]4O)O[C@@H]2C)O[C@@H]1C. The number of rotatable bonds is 20. The molecule has 41 nitrogen and oxygen atoms in total. The third-order valence-corrected chi connectivity index (χ3v) is 28.8. The van der Waals surface area contributed by atoms with Crippen LogP contribution in [0, 0.1) is 50.2 Å². The highest BCUT2D eigenvalue weighted by molar-refractivity contribution is 5.80. The fourth-order valence-corrected chi connectivity index (χ4v) is 21.8. The zero-order valence-corrected chi connectivity index (χ0v) is 67.1. The summed E-state index contributed by atoms with van der Waals surface area (Å²) in [5, 5.41) is 226. The quantitative estimate of drug-likeness (QED) is 0.0233. The lowest BCUT2D eigenvalue weighted by Gasteiger charge is -2.71. The summed E-state index contributed by atoms with van der Waals surface area (Å²) in [7, 11) is 0. The average molecular weight is 1700 g/mol. The number of carboxylic acid groups (broad SMARTS) is 1. The number of hydrogen-bond acceptors (Lipinski definition) is 41. The minimum atomic E-state index is -2.33. The number of aldehydes is 1. The minimum absolute atomic E-state index is 0.0283. The van der Waals surface area contributed by atoms with Gasteiger partial charge in [0, 0.05) is 6.92 Å². The molecule has 0 aromatic heterocycles. The first-order valence-corrected chi connectivity index (χ1v) is 40.7. The first-order chi connectivity index (χ1) is 55.3. The normalized spacial score (nSPS) is 54.2. The van der Waals surface area contributed by atoms with Crippen LogP contribution in [0.3, 0.4) is 0 Å². The van der Waals surface area contributed by atoms with E-state index < -0.39 is 328 Å². The molecule has 5 aliphatic carbocycles. The lowest BCUT2D eigenvalue weighted by molar-refractivity contribution is -0.401. The Bertz CT molecular complexity index is 3530. The van der Waals surface area contributed by atoms with Crippen molar-refractivity contribution in [1.29, 1.82) is 0 Å². The molecule has 0 bridgehead atoms. The molecule has 4 saturated carbocycles. The van der Waals surface area contributed by atoms with Crippen LogP contribution in [0.15, 0.2) is 11.6 Å². The van der Waals surface area contributed by atoms with Crippen molar-refractivity contribution in [3.63, 3.8) is 0 Å². The van der Waals surface area contributed by atoms with Gasteiger partial charge in [0.05, 0.1) is 68.3 Å². The fourth-order valence-electron chi connectivity index (χ4n) is 21.8. The van der Waals surface area contributed by atoms with E-state index in [0.29, 0.717) is 38.5 Å². The van der Waals surface area contributed by atoms with Crippen molar-refractivity contribution in [2.45, 2.75) is 367 Å². The molecule has 8 saturated heterocycles. The maximum Gasteiger partial charge on any atom is 0.317 e. The van der Waals surface area contributed by atoms with Gasteiger partial charge in [0.1, 0.15) is 158 Å². The Balaban J connectivity index is 0.769. The summed E-state index contributed by atoms with van der Waals surface area (Å²) < 4.78 is 102. The highest BCUT2D eigenvalue weighted by atomic mass is 16.8. The molecule has 118 heavy (non-hydrogen) atoms. The molecule has 12 fully saturated rings. The second-order valence-electron chi connectivity index (χ2n) is 36.5. The largest absolute Gasteiger partial charge is 0.547 e. The summed E-state index contributed by atoms with van der Waals surface area (Å²) in [5.41, 5.74) is -5.32. The zero-order valence-electron chi connectivity index (χ0n) is 67.1. The van der Waals surface area contributed by atoms with Crippen LogP contribution in [0.2, 0.25) is 0 Å². The van der Waals surface area contributed by atoms with Crippen LogP contribution >= 0.6 is 0 Å². The molecule has 13 aliphatic rings. The van der Waals surface area contributed by atoms with Crippen LogP contribution < -0.4 is 5.11 Å². The van der Waals surface area contributed by atoms with Crippen LogP contribution in [-0.2, 0) is 99.7 Å². The van der Waals surface area contributed by atoms with Crippen molar-refractivity contribution in [3.05, 3.63) is 11.6 Å². The van der Waals surface area contributed by atoms with Gasteiger partial charge >= 0.3 is 11.9 Å². The smallest absolute Gasteiger partial charge is 0.317 e. The Kier molecular flexibility index (Phi) is 27.3. The van der Waals surface area contributed by atoms with E-state index in [4.69, 9.17) is 80.5 Å². The maximum atomic E-state index is 16.2. The van der Waals surface area contributed by atoms with Gasteiger partial charge in [-0.25, -0.2) is 0 Å². The van der Waals surface area contributed by atoms with Crippen LogP contribution in [0.25, 0.3) is 0 Å². The number of hydrogen-bond donors (Lipinski definition) is 19. The topological polar surface area (TPSA) is 633 Å². The van der Waals surface area contributed by atoms with Crippen molar-refractivity contribution < 1.29 is 202 Å². The number of carbonyl (C=O) groups excluding carboxylic acids is 4. The van der Waals surface area contributed by atoms with Gasteiger partial charge in [0.2, 0.25) is 6.29 Å². The summed E-state index contributed by atoms with van der Waals surface area (Å²) in [6, 6.07) is 0. The molecule has 47 atom stereocenters. The second kappa shape index (κ2) is 35.0. The van der Waals surface area contributed by atoms with E-state index in [-0.39, 0.29) is 25.2 Å². The van der Waals surface area contributed by atoms with Crippen LogP contribution in [0.1, 0.15) is 127 Å². The van der Waals surface area contributed by atoms with E-state index in [1.165, 1.54) is 20.8 Å². The number of allylic oxidation sites excluding steroid dienone is 2. The molecule has 19 N–H and O–H groups in total. The van der Waals surface area contributed by atoms with Gasteiger partial charge in [0.25, 0.3) is 0 Å². The van der Waals surface area contributed by atoms with Crippen LogP contribution in [-0.4, -0.2) is 387 Å². The van der Waals surface area contributed by atoms with Crippen molar-refractivity contribution in [1.82, 2.24) is 0 Å². The Morgan fingerprint density at radius 2 is 0.966 bits per heavy atom. The van der Waals surface area contributed by atoms with E-state index in [1.54, 1.807) is 6.92 Å². The van der Waals surface area contributed by atoms with Crippen LogP contribution in [0.4, 0.5) is 0 Å². The molecule has 0 aromatic carbocycles. The third-order valence-electron chi connectivity index (χ3n) is 28.8. The van der Waals surface area contributed by atoms with Gasteiger partial charge in [-0.15, -0.1) is 0 Å². The summed E-state index contributed by atoms with van der Waals surface area (Å²) in [4.78, 5) is 55.6. The monoisotopic (exact) mass is 1700 g/mol. The molecule has 8 heterocycles. The molecule has 0 radical (unpaired) electrons. The Labute approximate surface area is 678 Å². The number of esters is 2. The molecule has 0 aromatic rings. The van der Waals surface area contributed by atoms with Gasteiger partial charge in [-0.05, 0) is 118 Å². The van der Waals surface area contributed by atoms with Gasteiger partial charge in [-0.2, -0.15) is 0 Å². The standard InChI is InChI=1S/C77H120O41/c1-26-54(108-29(4)80)44(89)49(94)66(105-26)112-56-28(3)107-69(60(51(56)96)116-67-50(95)45(90)55(27(2)106-67)111-65-53(98)57(34(83)24-104-65)113-63-46(91)40(85)32(81)22-102-63)118-71(101)77-18-17-72(5,6)19-31(77)30-11-12-37-73(7)15-14-39(74(8,25-79)36(73)13-16-75(37,9)76(30,10)20-38(77)84)110-70-61(117-68-48(93)43(88)42(87)35(21-78)109-68)58(52(97)59(115-70)62(99)100)114-64-47(92)41(86)33(82)23-103-64/h11,25-28,31-61,63-70,78,81-98H,12-24H2,1-10H3,(H,99,100)/p-1/t26-,27+,28-,31+,32-,33-,34-,35-,36-,37-,38-,39+,40+,41+,42+,43+,44-,45+,46-,47-,48-,49-,50-,51+,52+,53-,54-,55+,56+,57+,58+,59+,60-,61-,63+,64+,65+,66+,67+,68+,69+,70-,73+,74+,75-,76-,77-/m1/s1. The van der Waals surface area contributed by atoms with Gasteiger partial charge < -0.3 is 192 Å². The minimum Gasteiger partial charge on any atom is -0.547 e. The van der Waals surface area contributed by atoms with E-state index in [0.717, 1.165) is 18.8 Å². The first kappa shape index (κ1) is 92.1. The Morgan fingerprint density at radius 3 is 1.55 bits per heavy atom. The second-order valence-corrected chi connectivity index (χ2v) is 36.5. The van der Waals surface area contributed by atoms with Crippen molar-refractivity contribution in [3.8, 4) is 0 Å². The lowest BCUT2D eigenvalue weighted by atomic mass is 9.33. The first-order valence-electron chi connectivity index (χ1n) is 40.7. The van der Waals surface area contributed by atoms with Gasteiger partial charge in [-0.3, -0.25) is 9.59 Å².